The maximum Gasteiger partial charge on any atom is 0.140 e. The Hall–Kier alpha value is -0.170. The Morgan fingerprint density at radius 3 is 2.94 bits per heavy atom. The number of aliphatic hydroxyl groups excluding tert-OH is 1. The summed E-state index contributed by atoms with van der Waals surface area (Å²) in [5.41, 5.74) is 0. The second-order valence-electron chi connectivity index (χ2n) is 3.31. The van der Waals surface area contributed by atoms with Crippen molar-refractivity contribution in [1.29, 1.82) is 0 Å². The summed E-state index contributed by atoms with van der Waals surface area (Å²) in [5, 5.41) is 12.6. The highest BCUT2D eigenvalue weighted by Crippen LogP contribution is 2.23. The lowest BCUT2D eigenvalue weighted by Crippen LogP contribution is -2.18. The Labute approximate surface area is 112 Å². The van der Waals surface area contributed by atoms with Gasteiger partial charge in [0.1, 0.15) is 5.82 Å². The van der Waals surface area contributed by atoms with Crippen molar-refractivity contribution in [3.63, 3.8) is 0 Å². The molecule has 1 rings (SSSR count). The number of pyridine rings is 1. The topological polar surface area (TPSA) is 54.4 Å². The molecule has 16 heavy (non-hydrogen) atoms. The lowest BCUT2D eigenvalue weighted by Gasteiger charge is -2.11. The van der Waals surface area contributed by atoms with Gasteiger partial charge in [0, 0.05) is 24.3 Å². The summed E-state index contributed by atoms with van der Waals surface area (Å²) >= 11 is 6.73. The van der Waals surface area contributed by atoms with Gasteiger partial charge >= 0.3 is 0 Å². The van der Waals surface area contributed by atoms with Gasteiger partial charge in [-0.2, -0.15) is 0 Å². The van der Waals surface area contributed by atoms with Crippen LogP contribution in [-0.4, -0.2) is 36.5 Å². The van der Waals surface area contributed by atoms with Crippen molar-refractivity contribution in [3.05, 3.63) is 21.2 Å². The molecule has 0 aliphatic rings. The number of anilines is 1. The number of hydrogen-bond donors (Lipinski definition) is 2. The molecule has 2 N–H and O–H groups in total. The van der Waals surface area contributed by atoms with Crippen LogP contribution in [0, 0.1) is 0 Å². The first kappa shape index (κ1) is 13.9. The summed E-state index contributed by atoms with van der Waals surface area (Å²) in [7, 11) is 1.57. The van der Waals surface area contributed by atoms with Crippen LogP contribution in [-0.2, 0) is 4.74 Å². The van der Waals surface area contributed by atoms with Crippen molar-refractivity contribution in [3.8, 4) is 0 Å². The SMILES string of the molecule is COCC(O)CCNc1ncc(Br)cc1Br. The number of aliphatic hydroxyl groups is 1. The molecule has 1 aromatic heterocycles. The Bertz CT molecular complexity index is 337. The van der Waals surface area contributed by atoms with Gasteiger partial charge in [-0.05, 0) is 44.3 Å². The van der Waals surface area contributed by atoms with Gasteiger partial charge in [-0.1, -0.05) is 0 Å². The van der Waals surface area contributed by atoms with Crippen molar-refractivity contribution in [1.82, 2.24) is 4.98 Å². The van der Waals surface area contributed by atoms with E-state index >= 15 is 0 Å². The maximum atomic E-state index is 9.44. The molecule has 0 amide bonds. The minimum Gasteiger partial charge on any atom is -0.391 e. The molecule has 90 valence electrons. The zero-order valence-electron chi connectivity index (χ0n) is 8.91. The summed E-state index contributed by atoms with van der Waals surface area (Å²) in [4.78, 5) is 4.20. The van der Waals surface area contributed by atoms with Crippen LogP contribution < -0.4 is 5.32 Å². The van der Waals surface area contributed by atoms with Crippen molar-refractivity contribution >= 4 is 37.7 Å². The lowest BCUT2D eigenvalue weighted by molar-refractivity contribution is 0.0615. The molecule has 0 radical (unpaired) electrons. The van der Waals surface area contributed by atoms with Crippen LogP contribution in [0.15, 0.2) is 21.2 Å². The first-order chi connectivity index (χ1) is 7.63. The van der Waals surface area contributed by atoms with Crippen LogP contribution in [0.4, 0.5) is 5.82 Å². The van der Waals surface area contributed by atoms with Gasteiger partial charge in [0.05, 0.1) is 17.2 Å². The van der Waals surface area contributed by atoms with Gasteiger partial charge in [0.2, 0.25) is 0 Å². The first-order valence-corrected chi connectivity index (χ1v) is 6.44. The van der Waals surface area contributed by atoms with Crippen molar-refractivity contribution < 1.29 is 9.84 Å². The van der Waals surface area contributed by atoms with Crippen LogP contribution in [0.5, 0.6) is 0 Å². The summed E-state index contributed by atoms with van der Waals surface area (Å²) in [6.45, 7) is 1.01. The monoisotopic (exact) mass is 352 g/mol. The Balaban J connectivity index is 2.37. The molecule has 0 aromatic carbocycles. The highest BCUT2D eigenvalue weighted by molar-refractivity contribution is 9.11. The molecule has 1 unspecified atom stereocenters. The minimum absolute atomic E-state index is 0.358. The quantitative estimate of drug-likeness (QED) is 0.824. The van der Waals surface area contributed by atoms with E-state index in [2.05, 4.69) is 42.2 Å². The fourth-order valence-corrected chi connectivity index (χ4v) is 2.31. The number of aromatic nitrogens is 1. The summed E-state index contributed by atoms with van der Waals surface area (Å²) in [6, 6.07) is 1.92. The average molecular weight is 354 g/mol. The van der Waals surface area contributed by atoms with Crippen LogP contribution >= 0.6 is 31.9 Å². The van der Waals surface area contributed by atoms with Crippen LogP contribution in [0.2, 0.25) is 0 Å². The highest BCUT2D eigenvalue weighted by Gasteiger charge is 2.05. The third kappa shape index (κ3) is 4.78. The first-order valence-electron chi connectivity index (χ1n) is 4.85. The van der Waals surface area contributed by atoms with E-state index in [0.717, 1.165) is 14.8 Å². The molecule has 6 heteroatoms. The van der Waals surface area contributed by atoms with Gasteiger partial charge in [-0.3, -0.25) is 0 Å². The molecule has 0 aliphatic heterocycles. The van der Waals surface area contributed by atoms with E-state index in [1.165, 1.54) is 0 Å². The number of rotatable bonds is 6. The number of nitrogens with one attached hydrogen (secondary N) is 1. The fraction of sp³-hybridized carbons (Fsp3) is 0.500. The standard InChI is InChI=1S/C10H14Br2N2O2/c1-16-6-8(15)2-3-13-10-9(12)4-7(11)5-14-10/h4-5,8,15H,2-3,6H2,1H3,(H,13,14). The van der Waals surface area contributed by atoms with Crippen molar-refractivity contribution in [2.24, 2.45) is 0 Å². The highest BCUT2D eigenvalue weighted by atomic mass is 79.9. The number of methoxy groups -OCH3 is 1. The molecule has 0 saturated heterocycles. The van der Waals surface area contributed by atoms with Gasteiger partial charge in [0.25, 0.3) is 0 Å². The van der Waals surface area contributed by atoms with E-state index in [1.807, 2.05) is 6.07 Å². The molecule has 0 aliphatic carbocycles. The molecule has 1 aromatic rings. The largest absolute Gasteiger partial charge is 0.391 e. The predicted molar refractivity (Wildman–Crippen MR) is 70.6 cm³/mol. The average Bonchev–Trinajstić information content (AvgIpc) is 2.22. The maximum absolute atomic E-state index is 9.44. The lowest BCUT2D eigenvalue weighted by atomic mass is 10.2. The van der Waals surface area contributed by atoms with E-state index < -0.39 is 6.10 Å². The fourth-order valence-electron chi connectivity index (χ4n) is 1.18. The molecule has 0 spiro atoms. The zero-order chi connectivity index (χ0) is 12.0. The number of hydrogen-bond acceptors (Lipinski definition) is 4. The normalized spacial score (nSPS) is 12.5. The molecule has 0 saturated carbocycles. The van der Waals surface area contributed by atoms with Crippen LogP contribution in [0.3, 0.4) is 0 Å². The van der Waals surface area contributed by atoms with Crippen molar-refractivity contribution in [2.75, 3.05) is 25.6 Å². The van der Waals surface area contributed by atoms with E-state index in [0.29, 0.717) is 19.6 Å². The molecule has 1 heterocycles. The third-order valence-electron chi connectivity index (χ3n) is 1.94. The molecular formula is C10H14Br2N2O2. The molecule has 0 fully saturated rings. The van der Waals surface area contributed by atoms with E-state index in [4.69, 9.17) is 4.74 Å². The molecule has 4 nitrogen and oxygen atoms in total. The summed E-state index contributed by atoms with van der Waals surface area (Å²) < 4.78 is 6.65. The zero-order valence-corrected chi connectivity index (χ0v) is 12.1. The molecule has 0 bridgehead atoms. The summed E-state index contributed by atoms with van der Waals surface area (Å²) in [6.07, 6.45) is 1.91. The Morgan fingerprint density at radius 2 is 2.31 bits per heavy atom. The third-order valence-corrected chi connectivity index (χ3v) is 2.98. The van der Waals surface area contributed by atoms with E-state index in [1.54, 1.807) is 13.3 Å². The van der Waals surface area contributed by atoms with Gasteiger partial charge in [0.15, 0.2) is 0 Å². The predicted octanol–water partition coefficient (Wildman–Crippen LogP) is 2.42. The Morgan fingerprint density at radius 1 is 1.56 bits per heavy atom. The van der Waals surface area contributed by atoms with Gasteiger partial charge in [-0.25, -0.2) is 4.98 Å². The second kappa shape index (κ2) is 7.21. The molecule has 1 atom stereocenters. The minimum atomic E-state index is -0.438. The Kier molecular flexibility index (Phi) is 6.26. The molecular weight excluding hydrogens is 340 g/mol. The van der Waals surface area contributed by atoms with E-state index in [-0.39, 0.29) is 0 Å². The van der Waals surface area contributed by atoms with Gasteiger partial charge < -0.3 is 15.2 Å². The van der Waals surface area contributed by atoms with Crippen molar-refractivity contribution in [2.45, 2.75) is 12.5 Å². The van der Waals surface area contributed by atoms with E-state index in [9.17, 15) is 5.11 Å². The second-order valence-corrected chi connectivity index (χ2v) is 5.08. The van der Waals surface area contributed by atoms with Crippen LogP contribution in [0.25, 0.3) is 0 Å². The number of halogens is 2. The number of nitrogens with zero attached hydrogens (tertiary/aromatic N) is 1. The van der Waals surface area contributed by atoms with Crippen LogP contribution in [0.1, 0.15) is 6.42 Å². The smallest absolute Gasteiger partial charge is 0.140 e. The van der Waals surface area contributed by atoms with Gasteiger partial charge in [-0.15, -0.1) is 0 Å². The number of ether oxygens (including phenoxy) is 1. The summed E-state index contributed by atoms with van der Waals surface area (Å²) in [5.74, 6) is 0.771.